The highest BCUT2D eigenvalue weighted by Crippen LogP contribution is 2.45. The second-order valence-electron chi connectivity index (χ2n) is 8.87. The fourth-order valence-electron chi connectivity index (χ4n) is 4.76. The number of amidine groups is 1. The number of rotatable bonds is 7. The lowest BCUT2D eigenvalue weighted by molar-refractivity contribution is -0.139. The molecule has 0 saturated carbocycles. The van der Waals surface area contributed by atoms with E-state index in [0.717, 1.165) is 48.1 Å². The van der Waals surface area contributed by atoms with E-state index in [2.05, 4.69) is 0 Å². The topological polar surface area (TPSA) is 71.4 Å². The number of benzene rings is 2. The number of esters is 1. The van der Waals surface area contributed by atoms with E-state index in [-0.39, 0.29) is 18.9 Å². The number of likely N-dealkylation sites (tertiary alicyclic amines) is 1. The van der Waals surface area contributed by atoms with E-state index in [0.29, 0.717) is 17.0 Å². The molecule has 7 nitrogen and oxygen atoms in total. The number of fused-ring (bicyclic) bond motifs is 1. The molecule has 0 bridgehead atoms. The summed E-state index contributed by atoms with van der Waals surface area (Å²) in [4.78, 5) is 34.9. The van der Waals surface area contributed by atoms with Gasteiger partial charge in [-0.15, -0.1) is 0 Å². The first-order chi connectivity index (χ1) is 17.5. The lowest BCUT2D eigenvalue weighted by atomic mass is 9.93. The molecule has 1 fully saturated rings. The van der Waals surface area contributed by atoms with Crippen LogP contribution in [-0.4, -0.2) is 46.5 Å². The van der Waals surface area contributed by atoms with Crippen LogP contribution >= 0.6 is 11.8 Å². The molecule has 0 spiro atoms. The maximum absolute atomic E-state index is 13.2. The normalized spacial score (nSPS) is 19.1. The van der Waals surface area contributed by atoms with Crippen molar-refractivity contribution in [2.45, 2.75) is 39.2 Å². The van der Waals surface area contributed by atoms with Gasteiger partial charge < -0.3 is 19.3 Å². The molecule has 2 aromatic rings. The summed E-state index contributed by atoms with van der Waals surface area (Å²) in [6.45, 7) is 5.49. The van der Waals surface area contributed by atoms with Crippen molar-refractivity contribution in [3.63, 3.8) is 0 Å². The number of carbonyl (C=O) groups is 2. The molecule has 36 heavy (non-hydrogen) atoms. The Morgan fingerprint density at radius 1 is 1.06 bits per heavy atom. The van der Waals surface area contributed by atoms with Gasteiger partial charge >= 0.3 is 5.97 Å². The van der Waals surface area contributed by atoms with E-state index >= 15 is 0 Å². The molecule has 1 amide bonds. The highest BCUT2D eigenvalue weighted by atomic mass is 32.2. The third kappa shape index (κ3) is 4.91. The van der Waals surface area contributed by atoms with Crippen molar-refractivity contribution in [1.82, 2.24) is 9.80 Å². The SMILES string of the molecule is CCOC(=O)C1=C(C)N=C2SC=C(CC(=O)N3CCCC3)N2[C@@H]1c1cccc(Oc2ccccc2)c1. The summed E-state index contributed by atoms with van der Waals surface area (Å²) in [5.74, 6) is 1.09. The number of ether oxygens (including phenoxy) is 2. The molecule has 3 aliphatic rings. The minimum atomic E-state index is -0.483. The Balaban J connectivity index is 1.51. The van der Waals surface area contributed by atoms with Gasteiger partial charge in [0.1, 0.15) is 11.5 Å². The highest BCUT2D eigenvalue weighted by molar-refractivity contribution is 8.16. The van der Waals surface area contributed by atoms with Gasteiger partial charge in [0.15, 0.2) is 5.17 Å². The van der Waals surface area contributed by atoms with Crippen LogP contribution in [-0.2, 0) is 14.3 Å². The van der Waals surface area contributed by atoms with Gasteiger partial charge in [0.05, 0.1) is 30.3 Å². The Hall–Kier alpha value is -3.52. The number of hydrogen-bond donors (Lipinski definition) is 0. The van der Waals surface area contributed by atoms with E-state index < -0.39 is 12.0 Å². The van der Waals surface area contributed by atoms with Crippen molar-refractivity contribution >= 4 is 28.8 Å². The molecule has 5 rings (SSSR count). The minimum Gasteiger partial charge on any atom is -0.463 e. The molecule has 0 unspecified atom stereocenters. The smallest absolute Gasteiger partial charge is 0.338 e. The van der Waals surface area contributed by atoms with Gasteiger partial charge in [-0.2, -0.15) is 0 Å². The summed E-state index contributed by atoms with van der Waals surface area (Å²) in [5, 5.41) is 2.73. The molecule has 1 atom stereocenters. The highest BCUT2D eigenvalue weighted by Gasteiger charge is 2.41. The number of hydrogen-bond acceptors (Lipinski definition) is 7. The number of amides is 1. The fraction of sp³-hybridized carbons (Fsp3) is 0.321. The monoisotopic (exact) mass is 503 g/mol. The average molecular weight is 504 g/mol. The molecular formula is C28H29N3O4S. The van der Waals surface area contributed by atoms with Crippen molar-refractivity contribution in [2.24, 2.45) is 4.99 Å². The van der Waals surface area contributed by atoms with Gasteiger partial charge in [0.25, 0.3) is 0 Å². The lowest BCUT2D eigenvalue weighted by Crippen LogP contribution is -2.38. The van der Waals surface area contributed by atoms with E-state index in [1.165, 1.54) is 11.8 Å². The summed E-state index contributed by atoms with van der Waals surface area (Å²) in [6.07, 6.45) is 2.35. The quantitative estimate of drug-likeness (QED) is 0.456. The number of aliphatic imine (C=N–C) groups is 1. The molecule has 2 aromatic carbocycles. The first-order valence-electron chi connectivity index (χ1n) is 12.3. The van der Waals surface area contributed by atoms with E-state index in [9.17, 15) is 9.59 Å². The molecule has 1 saturated heterocycles. The fourth-order valence-corrected chi connectivity index (χ4v) is 5.73. The van der Waals surface area contributed by atoms with Crippen LogP contribution in [0.3, 0.4) is 0 Å². The zero-order chi connectivity index (χ0) is 25.1. The molecule has 0 aromatic heterocycles. The Morgan fingerprint density at radius 2 is 1.81 bits per heavy atom. The Bertz CT molecular complexity index is 1250. The predicted molar refractivity (Wildman–Crippen MR) is 140 cm³/mol. The zero-order valence-corrected chi connectivity index (χ0v) is 21.3. The van der Waals surface area contributed by atoms with Gasteiger partial charge in [-0.3, -0.25) is 4.79 Å². The Morgan fingerprint density at radius 3 is 2.56 bits per heavy atom. The van der Waals surface area contributed by atoms with Crippen molar-refractivity contribution in [3.8, 4) is 11.5 Å². The van der Waals surface area contributed by atoms with Crippen LogP contribution in [0.1, 0.15) is 44.7 Å². The van der Waals surface area contributed by atoms with Crippen LogP contribution in [0.15, 0.2) is 82.0 Å². The summed E-state index contributed by atoms with van der Waals surface area (Å²) >= 11 is 1.48. The number of nitrogens with zero attached hydrogens (tertiary/aromatic N) is 3. The average Bonchev–Trinajstić information content (AvgIpc) is 3.55. The van der Waals surface area contributed by atoms with Crippen molar-refractivity contribution in [2.75, 3.05) is 19.7 Å². The number of para-hydroxylation sites is 1. The molecule has 0 radical (unpaired) electrons. The van der Waals surface area contributed by atoms with Crippen LogP contribution in [0.4, 0.5) is 0 Å². The van der Waals surface area contributed by atoms with E-state index in [1.807, 2.05) is 76.7 Å². The summed E-state index contributed by atoms with van der Waals surface area (Å²) in [6, 6.07) is 16.8. The van der Waals surface area contributed by atoms with Gasteiger partial charge in [-0.1, -0.05) is 42.1 Å². The number of thioether (sulfide) groups is 1. The van der Waals surface area contributed by atoms with Crippen molar-refractivity contribution in [3.05, 3.63) is 82.5 Å². The van der Waals surface area contributed by atoms with E-state index in [1.54, 1.807) is 6.92 Å². The summed E-state index contributed by atoms with van der Waals surface area (Å²) < 4.78 is 11.5. The van der Waals surface area contributed by atoms with Crippen LogP contribution < -0.4 is 4.74 Å². The zero-order valence-electron chi connectivity index (χ0n) is 20.5. The Labute approximate surface area is 215 Å². The van der Waals surface area contributed by atoms with Gasteiger partial charge in [-0.25, -0.2) is 9.79 Å². The summed E-state index contributed by atoms with van der Waals surface area (Å²) in [7, 11) is 0. The number of carbonyl (C=O) groups excluding carboxylic acids is 2. The van der Waals surface area contributed by atoms with E-state index in [4.69, 9.17) is 14.5 Å². The Kier molecular flexibility index (Phi) is 7.13. The number of allylic oxidation sites excluding steroid dienone is 1. The maximum Gasteiger partial charge on any atom is 0.338 e. The first-order valence-corrected chi connectivity index (χ1v) is 13.1. The molecule has 0 N–H and O–H groups in total. The third-order valence-electron chi connectivity index (χ3n) is 6.44. The second-order valence-corrected chi connectivity index (χ2v) is 9.70. The molecular weight excluding hydrogens is 474 g/mol. The molecule has 8 heteroatoms. The van der Waals surface area contributed by atoms with Crippen LogP contribution in [0.25, 0.3) is 0 Å². The summed E-state index contributed by atoms with van der Waals surface area (Å²) in [5.41, 5.74) is 2.79. The van der Waals surface area contributed by atoms with Crippen molar-refractivity contribution in [1.29, 1.82) is 0 Å². The predicted octanol–water partition coefficient (Wildman–Crippen LogP) is 5.63. The van der Waals surface area contributed by atoms with Gasteiger partial charge in [0, 0.05) is 18.8 Å². The standard InChI is InChI=1S/C28H29N3O4S/c1-3-34-27(33)25-19(2)29-28-31(21(18-36-28)17-24(32)30-14-7-8-15-30)26(25)20-10-9-13-23(16-20)35-22-11-5-4-6-12-22/h4-6,9-13,16,18,26H,3,7-8,14-15,17H2,1-2H3/t26-/m1/s1. The third-order valence-corrected chi connectivity index (χ3v) is 7.33. The van der Waals surface area contributed by atoms with Gasteiger partial charge in [0.2, 0.25) is 5.91 Å². The minimum absolute atomic E-state index is 0.101. The van der Waals surface area contributed by atoms with Crippen LogP contribution in [0.2, 0.25) is 0 Å². The molecule has 0 aliphatic carbocycles. The largest absolute Gasteiger partial charge is 0.463 e. The van der Waals surface area contributed by atoms with Gasteiger partial charge in [-0.05, 0) is 61.9 Å². The van der Waals surface area contributed by atoms with Crippen molar-refractivity contribution < 1.29 is 19.1 Å². The maximum atomic E-state index is 13.2. The first kappa shape index (κ1) is 24.2. The molecule has 3 heterocycles. The van der Waals surface area contributed by atoms with Crippen LogP contribution in [0.5, 0.6) is 11.5 Å². The lowest BCUT2D eigenvalue weighted by Gasteiger charge is -2.36. The molecule has 3 aliphatic heterocycles. The molecule has 186 valence electrons. The van der Waals surface area contributed by atoms with Crippen LogP contribution in [0, 0.1) is 0 Å². The second kappa shape index (κ2) is 10.6.